The number of likely N-dealkylation sites (tertiary alicyclic amines) is 1. The van der Waals surface area contributed by atoms with Crippen LogP contribution in [0.3, 0.4) is 0 Å². The van der Waals surface area contributed by atoms with Gasteiger partial charge in [-0.25, -0.2) is 4.98 Å². The Morgan fingerprint density at radius 2 is 1.78 bits per heavy atom. The Labute approximate surface area is 214 Å². The lowest BCUT2D eigenvalue weighted by molar-refractivity contribution is 0.238. The van der Waals surface area contributed by atoms with E-state index < -0.39 is 0 Å². The number of anilines is 1. The number of nitrogens with one attached hydrogen (secondary N) is 1. The zero-order valence-electron chi connectivity index (χ0n) is 21.9. The van der Waals surface area contributed by atoms with E-state index in [4.69, 9.17) is 14.7 Å². The molecule has 5 rings (SSSR count). The molecule has 4 heterocycles. The number of aromatic amines is 1. The summed E-state index contributed by atoms with van der Waals surface area (Å²) in [6.07, 6.45) is 9.06. The van der Waals surface area contributed by atoms with Gasteiger partial charge in [-0.1, -0.05) is 39.0 Å². The first-order valence-electron chi connectivity index (χ1n) is 13.0. The van der Waals surface area contributed by atoms with E-state index >= 15 is 0 Å². The van der Waals surface area contributed by atoms with Crippen molar-refractivity contribution in [3.05, 3.63) is 77.8 Å². The molecule has 0 unspecified atom stereocenters. The average Bonchev–Trinajstić information content (AvgIpc) is 3.55. The molecule has 1 saturated heterocycles. The number of allylic oxidation sites excluding steroid dienone is 2. The standard InChI is InChI=1S/C30H37N5O/c1-22-10-9-11-25(31-22)27-28(33-29(32-27)30(2,3)4)35-19-6-5-12-26(35)23-13-15-24(16-14-23)36-21-20-34-17-7-8-18-34/h5-6,9-16H,7-8,17-21H2,1-4H3,(H,32,33). The lowest BCUT2D eigenvalue weighted by atomic mass is 9.96. The third kappa shape index (κ3) is 5.39. The van der Waals surface area contributed by atoms with E-state index in [1.165, 1.54) is 25.9 Å². The summed E-state index contributed by atoms with van der Waals surface area (Å²) in [6, 6.07) is 14.6. The Balaban J connectivity index is 1.41. The third-order valence-corrected chi connectivity index (χ3v) is 6.79. The molecule has 0 spiro atoms. The van der Waals surface area contributed by atoms with Crippen molar-refractivity contribution < 1.29 is 4.74 Å². The van der Waals surface area contributed by atoms with E-state index in [-0.39, 0.29) is 5.41 Å². The molecule has 6 nitrogen and oxygen atoms in total. The van der Waals surface area contributed by atoms with Gasteiger partial charge >= 0.3 is 0 Å². The molecular weight excluding hydrogens is 446 g/mol. The number of pyridine rings is 1. The Morgan fingerprint density at radius 3 is 2.50 bits per heavy atom. The molecule has 0 amide bonds. The lowest BCUT2D eigenvalue weighted by Crippen LogP contribution is -2.25. The first kappa shape index (κ1) is 24.3. The van der Waals surface area contributed by atoms with Crippen LogP contribution in [0.15, 0.2) is 60.7 Å². The average molecular weight is 484 g/mol. The molecule has 0 saturated carbocycles. The largest absolute Gasteiger partial charge is 0.492 e. The maximum atomic E-state index is 6.04. The van der Waals surface area contributed by atoms with E-state index in [1.807, 2.05) is 25.1 Å². The van der Waals surface area contributed by atoms with Crippen LogP contribution < -0.4 is 9.64 Å². The van der Waals surface area contributed by atoms with Gasteiger partial charge < -0.3 is 14.6 Å². The van der Waals surface area contributed by atoms with Crippen molar-refractivity contribution in [2.75, 3.05) is 37.7 Å². The lowest BCUT2D eigenvalue weighted by Gasteiger charge is -2.28. The van der Waals surface area contributed by atoms with Crippen LogP contribution in [0.5, 0.6) is 5.75 Å². The number of hydrogen-bond donors (Lipinski definition) is 1. The summed E-state index contributed by atoms with van der Waals surface area (Å²) in [4.78, 5) is 18.3. The maximum absolute atomic E-state index is 6.04. The molecule has 1 aromatic carbocycles. The minimum Gasteiger partial charge on any atom is -0.492 e. The van der Waals surface area contributed by atoms with Gasteiger partial charge in [0.25, 0.3) is 0 Å². The van der Waals surface area contributed by atoms with E-state index in [0.29, 0.717) is 0 Å². The van der Waals surface area contributed by atoms with Crippen molar-refractivity contribution in [3.63, 3.8) is 0 Å². The van der Waals surface area contributed by atoms with Crippen LogP contribution in [0.4, 0.5) is 5.82 Å². The van der Waals surface area contributed by atoms with Gasteiger partial charge in [0.1, 0.15) is 23.9 Å². The highest BCUT2D eigenvalue weighted by Crippen LogP contribution is 2.37. The fraction of sp³-hybridized carbons (Fsp3) is 0.400. The minimum absolute atomic E-state index is 0.111. The normalized spacial score (nSPS) is 16.4. The quantitative estimate of drug-likeness (QED) is 0.449. The van der Waals surface area contributed by atoms with Crippen LogP contribution in [0, 0.1) is 6.92 Å². The van der Waals surface area contributed by atoms with Gasteiger partial charge in [-0.15, -0.1) is 0 Å². The van der Waals surface area contributed by atoms with Gasteiger partial charge in [0, 0.05) is 24.2 Å². The summed E-state index contributed by atoms with van der Waals surface area (Å²) < 4.78 is 6.04. The molecule has 6 heteroatoms. The highest BCUT2D eigenvalue weighted by atomic mass is 16.5. The van der Waals surface area contributed by atoms with Crippen LogP contribution in [0.2, 0.25) is 0 Å². The van der Waals surface area contributed by atoms with Gasteiger partial charge in [-0.05, 0) is 80.9 Å². The number of benzene rings is 1. The third-order valence-electron chi connectivity index (χ3n) is 6.79. The van der Waals surface area contributed by atoms with Crippen molar-refractivity contribution in [1.82, 2.24) is 19.9 Å². The van der Waals surface area contributed by atoms with Crippen LogP contribution in [0.1, 0.15) is 50.7 Å². The van der Waals surface area contributed by atoms with Crippen molar-refractivity contribution in [3.8, 4) is 17.1 Å². The Morgan fingerprint density at radius 1 is 1.00 bits per heavy atom. The smallest absolute Gasteiger partial charge is 0.161 e. The molecule has 3 aromatic rings. The topological polar surface area (TPSA) is 57.3 Å². The maximum Gasteiger partial charge on any atom is 0.161 e. The van der Waals surface area contributed by atoms with Gasteiger partial charge in [0.15, 0.2) is 5.82 Å². The van der Waals surface area contributed by atoms with Crippen molar-refractivity contribution in [1.29, 1.82) is 0 Å². The summed E-state index contributed by atoms with van der Waals surface area (Å²) in [7, 11) is 0. The number of imidazole rings is 1. The van der Waals surface area contributed by atoms with E-state index in [0.717, 1.165) is 65.4 Å². The summed E-state index contributed by atoms with van der Waals surface area (Å²) in [5, 5.41) is 0. The molecule has 1 fully saturated rings. The van der Waals surface area contributed by atoms with Gasteiger partial charge in [-0.2, -0.15) is 0 Å². The summed E-state index contributed by atoms with van der Waals surface area (Å²) >= 11 is 0. The second-order valence-electron chi connectivity index (χ2n) is 10.7. The second kappa shape index (κ2) is 10.3. The molecule has 2 aromatic heterocycles. The Kier molecular flexibility index (Phi) is 6.97. The van der Waals surface area contributed by atoms with Gasteiger partial charge in [-0.3, -0.25) is 9.88 Å². The van der Waals surface area contributed by atoms with E-state index in [9.17, 15) is 0 Å². The van der Waals surface area contributed by atoms with Crippen molar-refractivity contribution in [2.45, 2.75) is 46.0 Å². The van der Waals surface area contributed by atoms with Crippen molar-refractivity contribution >= 4 is 11.5 Å². The molecule has 0 atom stereocenters. The minimum atomic E-state index is -0.111. The Hall–Kier alpha value is -3.38. The van der Waals surface area contributed by atoms with Gasteiger partial charge in [0.2, 0.25) is 0 Å². The Bertz CT molecular complexity index is 1240. The molecule has 2 aliphatic heterocycles. The van der Waals surface area contributed by atoms with Gasteiger partial charge in [0.05, 0.1) is 11.4 Å². The molecular formula is C30H37N5O. The molecule has 188 valence electrons. The number of nitrogens with zero attached hydrogens (tertiary/aromatic N) is 4. The molecule has 36 heavy (non-hydrogen) atoms. The predicted molar refractivity (Wildman–Crippen MR) is 147 cm³/mol. The summed E-state index contributed by atoms with van der Waals surface area (Å²) in [5.41, 5.74) is 4.98. The fourth-order valence-electron chi connectivity index (χ4n) is 4.76. The monoisotopic (exact) mass is 483 g/mol. The van der Waals surface area contributed by atoms with E-state index in [2.05, 4.69) is 78.0 Å². The van der Waals surface area contributed by atoms with Crippen LogP contribution in [0.25, 0.3) is 17.1 Å². The zero-order valence-corrected chi connectivity index (χ0v) is 21.9. The van der Waals surface area contributed by atoms with Crippen LogP contribution in [-0.4, -0.2) is 52.6 Å². The van der Waals surface area contributed by atoms with Crippen LogP contribution >= 0.6 is 0 Å². The molecule has 0 bridgehead atoms. The number of hydrogen-bond acceptors (Lipinski definition) is 5. The molecule has 2 aliphatic rings. The molecule has 0 radical (unpaired) electrons. The number of ether oxygens (including phenoxy) is 1. The van der Waals surface area contributed by atoms with Crippen LogP contribution in [-0.2, 0) is 5.41 Å². The fourth-order valence-corrected chi connectivity index (χ4v) is 4.76. The summed E-state index contributed by atoms with van der Waals surface area (Å²) in [5.74, 6) is 2.77. The van der Waals surface area contributed by atoms with E-state index in [1.54, 1.807) is 0 Å². The highest BCUT2D eigenvalue weighted by Gasteiger charge is 2.27. The zero-order chi connectivity index (χ0) is 25.1. The SMILES string of the molecule is Cc1cccc(-c2[nH]c(C(C)(C)C)nc2N2CC=CC=C2c2ccc(OCCN3CCCC3)cc2)n1. The first-order valence-corrected chi connectivity index (χ1v) is 13.0. The number of aromatic nitrogens is 3. The number of H-pyrrole nitrogens is 1. The van der Waals surface area contributed by atoms with Crippen molar-refractivity contribution in [2.24, 2.45) is 0 Å². The number of aryl methyl sites for hydroxylation is 1. The molecule has 0 aliphatic carbocycles. The second-order valence-corrected chi connectivity index (χ2v) is 10.7. The predicted octanol–water partition coefficient (Wildman–Crippen LogP) is 5.97. The highest BCUT2D eigenvalue weighted by molar-refractivity contribution is 5.86. The molecule has 1 N–H and O–H groups in total. The summed E-state index contributed by atoms with van der Waals surface area (Å²) in [6.45, 7) is 13.4. The first-order chi connectivity index (χ1) is 17.4. The number of rotatable bonds is 7.